The molecule has 0 N–H and O–H groups in total. The van der Waals surface area contributed by atoms with E-state index < -0.39 is 11.6 Å². The molecule has 0 unspecified atom stereocenters. The van der Waals surface area contributed by atoms with Crippen LogP contribution in [-0.2, 0) is 14.3 Å². The lowest BCUT2D eigenvalue weighted by atomic mass is 10.2. The molecule has 1 aliphatic rings. The number of piperazine rings is 1. The summed E-state index contributed by atoms with van der Waals surface area (Å²) >= 11 is 0. The molecule has 7 nitrogen and oxygen atoms in total. The van der Waals surface area contributed by atoms with Crippen molar-refractivity contribution in [1.29, 1.82) is 0 Å². The van der Waals surface area contributed by atoms with Gasteiger partial charge in [0.2, 0.25) is 0 Å². The molecule has 0 spiro atoms. The number of pyridine rings is 1. The van der Waals surface area contributed by atoms with Gasteiger partial charge in [0.25, 0.3) is 0 Å². The summed E-state index contributed by atoms with van der Waals surface area (Å²) in [6.07, 6.45) is 4.48. The predicted octanol–water partition coefficient (Wildman–Crippen LogP) is 2.32. The minimum absolute atomic E-state index is 0.283. The summed E-state index contributed by atoms with van der Waals surface area (Å²) in [4.78, 5) is 31.5. The van der Waals surface area contributed by atoms with Crippen LogP contribution < -0.4 is 4.90 Å². The van der Waals surface area contributed by atoms with Crippen molar-refractivity contribution in [3.63, 3.8) is 0 Å². The number of carbonyl (C=O) groups is 2. The van der Waals surface area contributed by atoms with E-state index in [1.54, 1.807) is 17.2 Å². The number of esters is 1. The van der Waals surface area contributed by atoms with Crippen molar-refractivity contribution in [2.24, 2.45) is 0 Å². The van der Waals surface area contributed by atoms with Crippen LogP contribution in [-0.4, -0.2) is 60.8 Å². The fourth-order valence-electron chi connectivity index (χ4n) is 2.39. The molecule has 25 heavy (non-hydrogen) atoms. The van der Waals surface area contributed by atoms with Crippen LogP contribution in [0, 0.1) is 0 Å². The molecule has 7 heteroatoms. The highest BCUT2D eigenvalue weighted by Crippen LogP contribution is 2.17. The van der Waals surface area contributed by atoms with Gasteiger partial charge >= 0.3 is 12.1 Å². The third-order valence-electron chi connectivity index (χ3n) is 3.64. The van der Waals surface area contributed by atoms with Gasteiger partial charge in [0.05, 0.1) is 7.11 Å². The number of hydrogen-bond acceptors (Lipinski definition) is 6. The van der Waals surface area contributed by atoms with Crippen molar-refractivity contribution < 1.29 is 19.1 Å². The Hall–Kier alpha value is -2.57. The number of carbonyl (C=O) groups excluding carboxylic acids is 2. The molecule has 0 aliphatic carbocycles. The second-order valence-electron chi connectivity index (χ2n) is 6.76. The standard InChI is InChI=1S/C18H25N3O4/c1-18(2,3)25-17(23)21-11-9-20(10-12-21)15-13-14(7-8-19-15)5-6-16(22)24-4/h5-8,13H,9-12H2,1-4H3/b6-5+. The Bertz CT molecular complexity index is 644. The highest BCUT2D eigenvalue weighted by molar-refractivity contribution is 5.87. The second kappa shape index (κ2) is 8.00. The first-order valence-electron chi connectivity index (χ1n) is 8.23. The van der Waals surface area contributed by atoms with E-state index in [0.29, 0.717) is 26.2 Å². The Morgan fingerprint density at radius 3 is 2.48 bits per heavy atom. The zero-order chi connectivity index (χ0) is 18.4. The van der Waals surface area contributed by atoms with Gasteiger partial charge in [-0.15, -0.1) is 0 Å². The van der Waals surface area contributed by atoms with Gasteiger partial charge in [0.15, 0.2) is 0 Å². The van der Waals surface area contributed by atoms with Gasteiger partial charge in [0.1, 0.15) is 11.4 Å². The second-order valence-corrected chi connectivity index (χ2v) is 6.76. The van der Waals surface area contributed by atoms with Gasteiger partial charge in [-0.2, -0.15) is 0 Å². The number of hydrogen-bond donors (Lipinski definition) is 0. The van der Waals surface area contributed by atoms with E-state index in [0.717, 1.165) is 11.4 Å². The third kappa shape index (κ3) is 5.77. The van der Waals surface area contributed by atoms with Crippen molar-refractivity contribution >= 4 is 24.0 Å². The van der Waals surface area contributed by atoms with E-state index >= 15 is 0 Å². The van der Waals surface area contributed by atoms with Crippen LogP contribution in [0.3, 0.4) is 0 Å². The van der Waals surface area contributed by atoms with Crippen LogP contribution >= 0.6 is 0 Å². The first-order valence-corrected chi connectivity index (χ1v) is 8.23. The lowest BCUT2D eigenvalue weighted by Crippen LogP contribution is -2.50. The first kappa shape index (κ1) is 18.8. The lowest BCUT2D eigenvalue weighted by Gasteiger charge is -2.36. The van der Waals surface area contributed by atoms with Crippen LogP contribution in [0.1, 0.15) is 26.3 Å². The van der Waals surface area contributed by atoms with Crippen LogP contribution in [0.5, 0.6) is 0 Å². The maximum atomic E-state index is 12.1. The van der Waals surface area contributed by atoms with Gasteiger partial charge in [-0.25, -0.2) is 14.6 Å². The lowest BCUT2D eigenvalue weighted by molar-refractivity contribution is -0.134. The Morgan fingerprint density at radius 2 is 1.88 bits per heavy atom. The number of anilines is 1. The summed E-state index contributed by atoms with van der Waals surface area (Å²) < 4.78 is 9.99. The van der Waals surface area contributed by atoms with Gasteiger partial charge in [-0.1, -0.05) is 0 Å². The number of rotatable bonds is 3. The zero-order valence-corrected chi connectivity index (χ0v) is 15.2. The van der Waals surface area contributed by atoms with Crippen LogP contribution in [0.25, 0.3) is 6.08 Å². The molecule has 2 heterocycles. The Kier molecular flexibility index (Phi) is 6.01. The summed E-state index contributed by atoms with van der Waals surface area (Å²) in [5.41, 5.74) is 0.376. The molecule has 1 fully saturated rings. The van der Waals surface area contributed by atoms with E-state index in [4.69, 9.17) is 4.74 Å². The summed E-state index contributed by atoms with van der Waals surface area (Å²) in [6, 6.07) is 3.72. The summed E-state index contributed by atoms with van der Waals surface area (Å²) in [6.45, 7) is 8.10. The highest BCUT2D eigenvalue weighted by Gasteiger charge is 2.26. The average Bonchev–Trinajstić information content (AvgIpc) is 2.58. The smallest absolute Gasteiger partial charge is 0.410 e. The Labute approximate surface area is 148 Å². The normalized spacial score (nSPS) is 15.4. The molecule has 1 aliphatic heterocycles. The van der Waals surface area contributed by atoms with Crippen LogP contribution in [0.4, 0.5) is 10.6 Å². The fourth-order valence-corrected chi connectivity index (χ4v) is 2.39. The average molecular weight is 347 g/mol. The first-order chi connectivity index (χ1) is 11.8. The maximum Gasteiger partial charge on any atom is 0.410 e. The molecule has 1 saturated heterocycles. The van der Waals surface area contributed by atoms with Gasteiger partial charge < -0.3 is 19.3 Å². The summed E-state index contributed by atoms with van der Waals surface area (Å²) in [5, 5.41) is 0. The van der Waals surface area contributed by atoms with Crippen LogP contribution in [0.15, 0.2) is 24.4 Å². The minimum atomic E-state index is -0.490. The molecular formula is C18H25N3O4. The minimum Gasteiger partial charge on any atom is -0.466 e. The molecule has 0 bridgehead atoms. The van der Waals surface area contributed by atoms with Crippen molar-refractivity contribution in [2.45, 2.75) is 26.4 Å². The number of amides is 1. The quantitative estimate of drug-likeness (QED) is 0.617. The van der Waals surface area contributed by atoms with Crippen molar-refractivity contribution in [3.05, 3.63) is 30.0 Å². The topological polar surface area (TPSA) is 72.0 Å². The molecule has 1 aromatic rings. The Morgan fingerprint density at radius 1 is 1.20 bits per heavy atom. The predicted molar refractivity (Wildman–Crippen MR) is 95.3 cm³/mol. The zero-order valence-electron chi connectivity index (χ0n) is 15.2. The van der Waals surface area contributed by atoms with E-state index in [2.05, 4.69) is 14.6 Å². The molecule has 0 radical (unpaired) electrons. The van der Waals surface area contributed by atoms with Crippen LogP contribution in [0.2, 0.25) is 0 Å². The molecule has 0 saturated carbocycles. The number of ether oxygens (including phenoxy) is 2. The van der Waals surface area contributed by atoms with Gasteiger partial charge in [-0.3, -0.25) is 0 Å². The van der Waals surface area contributed by atoms with E-state index in [-0.39, 0.29) is 6.09 Å². The Balaban J connectivity index is 1.95. The third-order valence-corrected chi connectivity index (χ3v) is 3.64. The largest absolute Gasteiger partial charge is 0.466 e. The van der Waals surface area contributed by atoms with Crippen molar-refractivity contribution in [3.8, 4) is 0 Å². The van der Waals surface area contributed by atoms with Crippen molar-refractivity contribution in [2.75, 3.05) is 38.2 Å². The molecule has 0 atom stereocenters. The van der Waals surface area contributed by atoms with Gasteiger partial charge in [0, 0.05) is 38.5 Å². The van der Waals surface area contributed by atoms with Crippen molar-refractivity contribution in [1.82, 2.24) is 9.88 Å². The number of methoxy groups -OCH3 is 1. The number of nitrogens with zero attached hydrogens (tertiary/aromatic N) is 3. The van der Waals surface area contributed by atoms with Gasteiger partial charge in [-0.05, 0) is 44.5 Å². The number of aromatic nitrogens is 1. The molecular weight excluding hydrogens is 322 g/mol. The molecule has 2 rings (SSSR count). The monoisotopic (exact) mass is 347 g/mol. The summed E-state index contributed by atoms with van der Waals surface area (Å²) in [7, 11) is 1.34. The highest BCUT2D eigenvalue weighted by atomic mass is 16.6. The summed E-state index contributed by atoms with van der Waals surface area (Å²) in [5.74, 6) is 0.417. The molecule has 1 amide bonds. The molecule has 1 aromatic heterocycles. The molecule has 0 aromatic carbocycles. The fraction of sp³-hybridized carbons (Fsp3) is 0.500. The van der Waals surface area contributed by atoms with E-state index in [1.165, 1.54) is 13.2 Å². The van der Waals surface area contributed by atoms with E-state index in [9.17, 15) is 9.59 Å². The SMILES string of the molecule is COC(=O)/C=C/c1ccnc(N2CCN(C(=O)OC(C)(C)C)CC2)c1. The molecule has 136 valence electrons. The van der Waals surface area contributed by atoms with E-state index in [1.807, 2.05) is 32.9 Å². The maximum absolute atomic E-state index is 12.1.